The Balaban J connectivity index is 3.92. The lowest BCUT2D eigenvalue weighted by Crippen LogP contribution is -2.51. The summed E-state index contributed by atoms with van der Waals surface area (Å²) in [4.78, 5) is 0. The fourth-order valence-electron chi connectivity index (χ4n) is 0.275. The van der Waals surface area contributed by atoms with Crippen LogP contribution in [0.5, 0.6) is 0 Å². The van der Waals surface area contributed by atoms with Gasteiger partial charge in [0.25, 0.3) is 0 Å². The van der Waals surface area contributed by atoms with Crippen molar-refractivity contribution in [1.82, 2.24) is 4.57 Å². The largest absolute Gasteiger partial charge is 0.328 e. The minimum Gasteiger partial charge on any atom is -0.328 e. The van der Waals surface area contributed by atoms with E-state index in [9.17, 15) is 0 Å². The van der Waals surface area contributed by atoms with Gasteiger partial charge < -0.3 is 4.57 Å². The van der Waals surface area contributed by atoms with E-state index >= 15 is 0 Å². The molecule has 0 heterocycles. The van der Waals surface area contributed by atoms with E-state index in [0.717, 1.165) is 0 Å². The fourth-order valence-corrected chi connectivity index (χ4v) is 3.12. The van der Waals surface area contributed by atoms with E-state index in [2.05, 4.69) is 11.1 Å². The van der Waals surface area contributed by atoms with Crippen LogP contribution in [0.15, 0.2) is 0 Å². The minimum atomic E-state index is -1.41. The summed E-state index contributed by atoms with van der Waals surface area (Å²) in [5, 5.41) is 0. The van der Waals surface area contributed by atoms with Crippen LogP contribution in [0.1, 0.15) is 0 Å². The molecule has 56 valence electrons. The number of nitrogens with zero attached hydrogens (tertiary/aromatic N) is 1. The molecular weight excluding hydrogens is 173 g/mol. The quantitative estimate of drug-likeness (QED) is 0.478. The lowest BCUT2D eigenvalue weighted by molar-refractivity contribution is 0.624. The molecule has 0 aliphatic rings. The first-order chi connectivity index (χ1) is 4.06. The van der Waals surface area contributed by atoms with E-state index in [4.69, 9.17) is 23.2 Å². The summed E-state index contributed by atoms with van der Waals surface area (Å²) in [5.41, 5.74) is 1.42. The molecule has 0 N–H and O–H groups in total. The molecule has 0 aromatic rings. The van der Waals surface area contributed by atoms with Gasteiger partial charge in [-0.3, -0.25) is 0 Å². The van der Waals surface area contributed by atoms with Gasteiger partial charge in [0.05, 0.1) is 0 Å². The van der Waals surface area contributed by atoms with Crippen LogP contribution in [0.3, 0.4) is 0 Å². The van der Waals surface area contributed by atoms with Crippen molar-refractivity contribution in [2.24, 2.45) is 0 Å². The number of halogens is 2. The second-order valence-corrected chi connectivity index (χ2v) is 8.69. The van der Waals surface area contributed by atoms with Gasteiger partial charge in [0.15, 0.2) is 8.24 Å². The van der Waals surface area contributed by atoms with E-state index in [1.807, 2.05) is 14.1 Å². The maximum absolute atomic E-state index is 5.74. The standard InChI is InChI=1S/C5H13Cl2NSi/c1-8(2)9(3,4-6)5-7/h4-5H2,1-3H3. The van der Waals surface area contributed by atoms with E-state index in [1.54, 1.807) is 0 Å². The van der Waals surface area contributed by atoms with Crippen molar-refractivity contribution in [3.05, 3.63) is 0 Å². The Kier molecular flexibility index (Phi) is 4.13. The van der Waals surface area contributed by atoms with Crippen LogP contribution in [-0.2, 0) is 0 Å². The Bertz CT molecular complexity index is 83.0. The smallest absolute Gasteiger partial charge is 0.154 e. The number of hydrogen-bond donors (Lipinski definition) is 0. The molecule has 0 aromatic heterocycles. The van der Waals surface area contributed by atoms with Crippen molar-refractivity contribution in [2.75, 3.05) is 25.1 Å². The van der Waals surface area contributed by atoms with Crippen LogP contribution in [0, 0.1) is 0 Å². The molecule has 0 amide bonds. The van der Waals surface area contributed by atoms with Crippen molar-refractivity contribution in [1.29, 1.82) is 0 Å². The first kappa shape index (κ1) is 9.76. The highest BCUT2D eigenvalue weighted by molar-refractivity contribution is 6.86. The monoisotopic (exact) mass is 185 g/mol. The number of hydrogen-bond acceptors (Lipinski definition) is 1. The van der Waals surface area contributed by atoms with Gasteiger partial charge in [0.1, 0.15) is 0 Å². The lowest BCUT2D eigenvalue weighted by Gasteiger charge is -2.29. The van der Waals surface area contributed by atoms with Crippen molar-refractivity contribution in [3.63, 3.8) is 0 Å². The highest BCUT2D eigenvalue weighted by Crippen LogP contribution is 2.09. The molecule has 0 rings (SSSR count). The predicted molar refractivity (Wildman–Crippen MR) is 46.7 cm³/mol. The van der Waals surface area contributed by atoms with Gasteiger partial charge >= 0.3 is 0 Å². The second kappa shape index (κ2) is 3.81. The van der Waals surface area contributed by atoms with Crippen LogP contribution in [0.2, 0.25) is 6.55 Å². The molecule has 0 bridgehead atoms. The normalized spacial score (nSPS) is 12.7. The molecule has 0 aliphatic heterocycles. The van der Waals surface area contributed by atoms with Gasteiger partial charge in [-0.15, -0.1) is 23.2 Å². The van der Waals surface area contributed by atoms with E-state index in [1.165, 1.54) is 0 Å². The summed E-state index contributed by atoms with van der Waals surface area (Å²) < 4.78 is 2.17. The summed E-state index contributed by atoms with van der Waals surface area (Å²) in [6.07, 6.45) is 0. The SMILES string of the molecule is CN(C)[Si](C)(CCl)CCl. The van der Waals surface area contributed by atoms with Crippen LogP contribution in [0.25, 0.3) is 0 Å². The van der Waals surface area contributed by atoms with Gasteiger partial charge in [0.2, 0.25) is 0 Å². The molecule has 0 saturated heterocycles. The fraction of sp³-hybridized carbons (Fsp3) is 1.00. The van der Waals surface area contributed by atoms with Crippen LogP contribution in [0.4, 0.5) is 0 Å². The van der Waals surface area contributed by atoms with Gasteiger partial charge in [-0.05, 0) is 14.1 Å². The Morgan fingerprint density at radius 1 is 1.22 bits per heavy atom. The molecule has 1 nitrogen and oxygen atoms in total. The predicted octanol–water partition coefficient (Wildman–Crippen LogP) is 1.68. The lowest BCUT2D eigenvalue weighted by atomic mass is 11.3. The van der Waals surface area contributed by atoms with Crippen LogP contribution in [-0.4, -0.2) is 37.9 Å². The van der Waals surface area contributed by atoms with Crippen molar-refractivity contribution in [3.8, 4) is 0 Å². The van der Waals surface area contributed by atoms with E-state index < -0.39 is 8.24 Å². The second-order valence-electron chi connectivity index (χ2n) is 2.66. The van der Waals surface area contributed by atoms with Crippen LogP contribution >= 0.6 is 23.2 Å². The zero-order valence-electron chi connectivity index (χ0n) is 6.12. The molecule has 0 aromatic carbocycles. The first-order valence-electron chi connectivity index (χ1n) is 2.86. The minimum absolute atomic E-state index is 0.712. The Hall–Kier alpha value is 0.757. The summed E-state index contributed by atoms with van der Waals surface area (Å²) in [6.45, 7) is 2.17. The molecule has 9 heavy (non-hydrogen) atoms. The summed E-state index contributed by atoms with van der Waals surface area (Å²) in [6, 6.07) is 0. The summed E-state index contributed by atoms with van der Waals surface area (Å²) >= 11 is 11.5. The average Bonchev–Trinajstić information content (AvgIpc) is 1.86. The first-order valence-corrected chi connectivity index (χ1v) is 6.79. The molecule has 0 spiro atoms. The van der Waals surface area contributed by atoms with Crippen molar-refractivity contribution >= 4 is 31.4 Å². The zero-order chi connectivity index (χ0) is 7.49. The van der Waals surface area contributed by atoms with E-state index in [-0.39, 0.29) is 0 Å². The Morgan fingerprint density at radius 2 is 1.56 bits per heavy atom. The summed E-state index contributed by atoms with van der Waals surface area (Å²) in [7, 11) is 2.67. The van der Waals surface area contributed by atoms with E-state index in [0.29, 0.717) is 11.0 Å². The number of rotatable bonds is 3. The van der Waals surface area contributed by atoms with Gasteiger partial charge in [0, 0.05) is 11.0 Å². The zero-order valence-corrected chi connectivity index (χ0v) is 8.63. The van der Waals surface area contributed by atoms with Gasteiger partial charge in [-0.25, -0.2) is 0 Å². The van der Waals surface area contributed by atoms with Gasteiger partial charge in [-0.1, -0.05) is 6.55 Å². The maximum Gasteiger partial charge on any atom is 0.154 e. The highest BCUT2D eigenvalue weighted by Gasteiger charge is 2.27. The molecule has 0 unspecified atom stereocenters. The molecule has 0 saturated carbocycles. The molecule has 0 aliphatic carbocycles. The number of alkyl halides is 2. The van der Waals surface area contributed by atoms with Gasteiger partial charge in [-0.2, -0.15) is 0 Å². The Morgan fingerprint density at radius 3 is 1.56 bits per heavy atom. The topological polar surface area (TPSA) is 3.24 Å². The van der Waals surface area contributed by atoms with Crippen molar-refractivity contribution in [2.45, 2.75) is 6.55 Å². The molecule has 4 heteroatoms. The highest BCUT2D eigenvalue weighted by atomic mass is 35.5. The average molecular weight is 186 g/mol. The molecular formula is C5H13Cl2NSi. The van der Waals surface area contributed by atoms with Crippen LogP contribution < -0.4 is 0 Å². The summed E-state index contributed by atoms with van der Waals surface area (Å²) in [5.74, 6) is 0. The maximum atomic E-state index is 5.74. The molecule has 0 atom stereocenters. The van der Waals surface area contributed by atoms with Crippen molar-refractivity contribution < 1.29 is 0 Å². The molecule has 0 radical (unpaired) electrons. The molecule has 0 fully saturated rings. The third-order valence-electron chi connectivity index (χ3n) is 1.66. The Labute approximate surface area is 68.0 Å². The third kappa shape index (κ3) is 2.46. The third-order valence-corrected chi connectivity index (χ3v) is 8.42.